The van der Waals surface area contributed by atoms with E-state index in [1.807, 2.05) is 6.07 Å². The Kier molecular flexibility index (Phi) is 4.27. The second-order valence-electron chi connectivity index (χ2n) is 4.26. The van der Waals surface area contributed by atoms with Crippen LogP contribution in [0.3, 0.4) is 0 Å². The van der Waals surface area contributed by atoms with Gasteiger partial charge in [0.15, 0.2) is 0 Å². The first-order chi connectivity index (χ1) is 9.19. The van der Waals surface area contributed by atoms with Crippen molar-refractivity contribution in [3.8, 4) is 6.07 Å². The topological polar surface area (TPSA) is 44.0 Å². The van der Waals surface area contributed by atoms with Crippen LogP contribution in [0.1, 0.15) is 23.1 Å². The molecule has 0 saturated heterocycles. The normalized spacial score (nSPS) is 10.4. The molecule has 2 rings (SSSR count). The van der Waals surface area contributed by atoms with E-state index < -0.39 is 0 Å². The zero-order valence-electron chi connectivity index (χ0n) is 10.3. The van der Waals surface area contributed by atoms with E-state index in [1.165, 1.54) is 12.1 Å². The van der Waals surface area contributed by atoms with Gasteiger partial charge in [0, 0.05) is 0 Å². The van der Waals surface area contributed by atoms with Gasteiger partial charge < -0.3 is 5.11 Å². The van der Waals surface area contributed by atoms with E-state index in [4.69, 9.17) is 5.26 Å². The van der Waals surface area contributed by atoms with Gasteiger partial charge in [0.2, 0.25) is 0 Å². The van der Waals surface area contributed by atoms with Crippen LogP contribution in [0.2, 0.25) is 0 Å². The molecule has 0 heterocycles. The summed E-state index contributed by atoms with van der Waals surface area (Å²) < 4.78 is 12.7. The minimum absolute atomic E-state index is 0.260. The SMILES string of the molecule is N#Cc1ccc([C](O)CCc2ccc(F)cc2)cc1. The highest BCUT2D eigenvalue weighted by Crippen LogP contribution is 2.18. The smallest absolute Gasteiger partial charge is 0.123 e. The van der Waals surface area contributed by atoms with E-state index in [0.717, 1.165) is 5.56 Å². The minimum Gasteiger partial charge on any atom is -0.382 e. The lowest BCUT2D eigenvalue weighted by Crippen LogP contribution is -2.00. The molecule has 2 aromatic carbocycles. The fourth-order valence-corrected chi connectivity index (χ4v) is 1.80. The maximum atomic E-state index is 12.7. The molecule has 3 heteroatoms. The number of aliphatic hydroxyl groups is 1. The molecular weight excluding hydrogens is 241 g/mol. The van der Waals surface area contributed by atoms with Gasteiger partial charge in [-0.25, -0.2) is 4.39 Å². The van der Waals surface area contributed by atoms with Crippen LogP contribution < -0.4 is 0 Å². The first kappa shape index (κ1) is 13.3. The molecule has 19 heavy (non-hydrogen) atoms. The molecule has 1 radical (unpaired) electrons. The maximum Gasteiger partial charge on any atom is 0.123 e. The number of aliphatic hydroxyl groups excluding tert-OH is 1. The van der Waals surface area contributed by atoms with Crippen LogP contribution >= 0.6 is 0 Å². The third-order valence-corrected chi connectivity index (χ3v) is 2.91. The Hall–Kier alpha value is -2.18. The Balaban J connectivity index is 1.95. The fourth-order valence-electron chi connectivity index (χ4n) is 1.80. The van der Waals surface area contributed by atoms with E-state index in [1.54, 1.807) is 36.4 Å². The lowest BCUT2D eigenvalue weighted by Gasteiger charge is -2.09. The quantitative estimate of drug-likeness (QED) is 0.906. The van der Waals surface area contributed by atoms with Crippen molar-refractivity contribution >= 4 is 0 Å². The molecule has 0 aliphatic rings. The van der Waals surface area contributed by atoms with Gasteiger partial charge in [-0.3, -0.25) is 0 Å². The average Bonchev–Trinajstić information content (AvgIpc) is 2.46. The number of nitriles is 1. The van der Waals surface area contributed by atoms with Crippen molar-refractivity contribution < 1.29 is 9.50 Å². The van der Waals surface area contributed by atoms with E-state index in [2.05, 4.69) is 0 Å². The Morgan fingerprint density at radius 1 is 1.05 bits per heavy atom. The zero-order chi connectivity index (χ0) is 13.7. The molecule has 0 bridgehead atoms. The molecule has 0 amide bonds. The summed E-state index contributed by atoms with van der Waals surface area (Å²) in [5.74, 6) is -0.260. The Morgan fingerprint density at radius 2 is 1.68 bits per heavy atom. The van der Waals surface area contributed by atoms with Crippen LogP contribution in [0.25, 0.3) is 0 Å². The number of hydrogen-bond acceptors (Lipinski definition) is 2. The molecule has 0 spiro atoms. The predicted octanol–water partition coefficient (Wildman–Crippen LogP) is 3.58. The van der Waals surface area contributed by atoms with Gasteiger partial charge >= 0.3 is 0 Å². The van der Waals surface area contributed by atoms with Gasteiger partial charge in [0.05, 0.1) is 11.6 Å². The summed E-state index contributed by atoms with van der Waals surface area (Å²) in [6.07, 6.45) is 1.40. The van der Waals surface area contributed by atoms with Crippen LogP contribution in [0.15, 0.2) is 48.5 Å². The fraction of sp³-hybridized carbons (Fsp3) is 0.125. The molecule has 0 aliphatic carbocycles. The van der Waals surface area contributed by atoms with Crippen molar-refractivity contribution in [2.24, 2.45) is 0 Å². The number of aryl methyl sites for hydroxylation is 1. The third kappa shape index (κ3) is 3.64. The number of hydrogen-bond donors (Lipinski definition) is 1. The molecule has 0 aromatic heterocycles. The summed E-state index contributed by atoms with van der Waals surface area (Å²) in [7, 11) is 0. The van der Waals surface area contributed by atoms with Crippen molar-refractivity contribution in [3.63, 3.8) is 0 Å². The van der Waals surface area contributed by atoms with E-state index in [9.17, 15) is 9.50 Å². The zero-order valence-corrected chi connectivity index (χ0v) is 10.3. The highest BCUT2D eigenvalue weighted by molar-refractivity contribution is 5.36. The molecule has 0 unspecified atom stereocenters. The summed E-state index contributed by atoms with van der Waals surface area (Å²) in [5, 5.41) is 18.7. The highest BCUT2D eigenvalue weighted by atomic mass is 19.1. The van der Waals surface area contributed by atoms with Crippen LogP contribution in [0, 0.1) is 23.3 Å². The van der Waals surface area contributed by atoms with E-state index in [0.29, 0.717) is 24.0 Å². The molecule has 2 aromatic rings. The van der Waals surface area contributed by atoms with Crippen molar-refractivity contribution in [1.82, 2.24) is 0 Å². The summed E-state index contributed by atoms with van der Waals surface area (Å²) in [6.45, 7) is 0. The van der Waals surface area contributed by atoms with Gasteiger partial charge in [-0.1, -0.05) is 24.3 Å². The number of benzene rings is 2. The Bertz CT molecular complexity index is 569. The van der Waals surface area contributed by atoms with Gasteiger partial charge in [0.25, 0.3) is 0 Å². The first-order valence-corrected chi connectivity index (χ1v) is 5.99. The average molecular weight is 254 g/mol. The predicted molar refractivity (Wildman–Crippen MR) is 70.2 cm³/mol. The lowest BCUT2D eigenvalue weighted by atomic mass is 10.0. The Labute approximate surface area is 111 Å². The monoisotopic (exact) mass is 254 g/mol. The highest BCUT2D eigenvalue weighted by Gasteiger charge is 2.09. The molecule has 95 valence electrons. The number of rotatable bonds is 4. The van der Waals surface area contributed by atoms with Crippen LogP contribution in [-0.4, -0.2) is 5.11 Å². The summed E-state index contributed by atoms with van der Waals surface area (Å²) >= 11 is 0. The second kappa shape index (κ2) is 6.12. The molecular formula is C16H13FNO. The van der Waals surface area contributed by atoms with Crippen LogP contribution in [0.4, 0.5) is 4.39 Å². The molecule has 1 N–H and O–H groups in total. The molecule has 0 atom stereocenters. The first-order valence-electron chi connectivity index (χ1n) is 5.99. The van der Waals surface area contributed by atoms with Gasteiger partial charge in [0.1, 0.15) is 11.9 Å². The van der Waals surface area contributed by atoms with Crippen molar-refractivity contribution in [3.05, 3.63) is 77.1 Å². The largest absolute Gasteiger partial charge is 0.382 e. The molecule has 0 fully saturated rings. The van der Waals surface area contributed by atoms with Crippen molar-refractivity contribution in [2.75, 3.05) is 0 Å². The third-order valence-electron chi connectivity index (χ3n) is 2.91. The van der Waals surface area contributed by atoms with Gasteiger partial charge in [-0.2, -0.15) is 5.26 Å². The van der Waals surface area contributed by atoms with E-state index in [-0.39, 0.29) is 11.9 Å². The summed E-state index contributed by atoms with van der Waals surface area (Å²) in [5.41, 5.74) is 2.25. The van der Waals surface area contributed by atoms with Crippen LogP contribution in [0.5, 0.6) is 0 Å². The van der Waals surface area contributed by atoms with Crippen molar-refractivity contribution in [1.29, 1.82) is 5.26 Å². The summed E-state index contributed by atoms with van der Waals surface area (Å²) in [4.78, 5) is 0. The van der Waals surface area contributed by atoms with Gasteiger partial charge in [-0.15, -0.1) is 0 Å². The molecule has 2 nitrogen and oxygen atoms in total. The number of halogens is 1. The maximum absolute atomic E-state index is 12.7. The molecule has 0 saturated carbocycles. The van der Waals surface area contributed by atoms with Gasteiger partial charge in [-0.05, 0) is 48.2 Å². The number of nitrogens with zero attached hydrogens (tertiary/aromatic N) is 1. The standard InChI is InChI=1S/C16H13FNO/c17-15-8-3-12(4-9-15)5-10-16(19)14-6-1-13(11-18)2-7-14/h1-4,6-9,19H,5,10H2. The van der Waals surface area contributed by atoms with Crippen LogP contribution in [-0.2, 0) is 6.42 Å². The van der Waals surface area contributed by atoms with E-state index >= 15 is 0 Å². The lowest BCUT2D eigenvalue weighted by molar-refractivity contribution is 0.312. The minimum atomic E-state index is -0.260. The summed E-state index contributed by atoms with van der Waals surface area (Å²) in [6, 6.07) is 15.1. The molecule has 0 aliphatic heterocycles. The second-order valence-corrected chi connectivity index (χ2v) is 4.26. The van der Waals surface area contributed by atoms with Crippen molar-refractivity contribution in [2.45, 2.75) is 12.8 Å². The Morgan fingerprint density at radius 3 is 2.26 bits per heavy atom.